The number of hydrogen-bond donors (Lipinski definition) is 3. The van der Waals surface area contributed by atoms with Crippen molar-refractivity contribution in [3.05, 3.63) is 72.5 Å². The average molecular weight is 295 g/mol. The molecule has 0 unspecified atom stereocenters. The maximum atomic E-state index is 12.8. The van der Waals surface area contributed by atoms with Gasteiger partial charge in [0.15, 0.2) is 0 Å². The topological polar surface area (TPSA) is 53.2 Å². The average Bonchev–Trinajstić information content (AvgIpc) is 2.55. The number of fused-ring (bicyclic) bond motifs is 1. The van der Waals surface area contributed by atoms with Crippen molar-refractivity contribution in [2.45, 2.75) is 0 Å². The van der Waals surface area contributed by atoms with Crippen LogP contribution >= 0.6 is 0 Å². The van der Waals surface area contributed by atoms with Crippen molar-refractivity contribution in [1.82, 2.24) is 5.43 Å². The molecule has 0 fully saturated rings. The molecule has 22 heavy (non-hydrogen) atoms. The molecule has 0 heterocycles. The smallest absolute Gasteiger partial charge is 0.306 e. The van der Waals surface area contributed by atoms with E-state index in [1.807, 2.05) is 42.5 Å². The van der Waals surface area contributed by atoms with Crippen molar-refractivity contribution in [3.63, 3.8) is 0 Å². The number of benzene rings is 3. The lowest BCUT2D eigenvalue weighted by Gasteiger charge is -2.11. The highest BCUT2D eigenvalue weighted by atomic mass is 19.1. The summed E-state index contributed by atoms with van der Waals surface area (Å²) < 4.78 is 12.8. The number of hydrazine groups is 1. The molecule has 4 nitrogen and oxygen atoms in total. The molecule has 0 saturated carbocycles. The highest BCUT2D eigenvalue weighted by Gasteiger charge is 2.04. The molecule has 3 aromatic rings. The van der Waals surface area contributed by atoms with Crippen LogP contribution in [0.1, 0.15) is 0 Å². The monoisotopic (exact) mass is 295 g/mol. The van der Waals surface area contributed by atoms with Gasteiger partial charge in [-0.3, -0.25) is 10.9 Å². The van der Waals surface area contributed by atoms with Crippen LogP contribution in [-0.2, 0) is 0 Å². The molecule has 0 bridgehead atoms. The number of urea groups is 1. The van der Waals surface area contributed by atoms with Crippen LogP contribution in [0.25, 0.3) is 10.8 Å². The van der Waals surface area contributed by atoms with E-state index in [-0.39, 0.29) is 5.82 Å². The first-order valence-electron chi connectivity index (χ1n) is 6.79. The number of carbonyl (C=O) groups is 1. The zero-order valence-corrected chi connectivity index (χ0v) is 11.6. The third-order valence-electron chi connectivity index (χ3n) is 3.20. The van der Waals surface area contributed by atoms with Crippen LogP contribution in [0.3, 0.4) is 0 Å². The van der Waals surface area contributed by atoms with E-state index in [0.717, 1.165) is 16.5 Å². The molecule has 0 radical (unpaired) electrons. The lowest BCUT2D eigenvalue weighted by atomic mass is 10.1. The predicted octanol–water partition coefficient (Wildman–Crippen LogP) is 4.13. The van der Waals surface area contributed by atoms with Gasteiger partial charge in [-0.25, -0.2) is 9.18 Å². The molecule has 0 aliphatic heterocycles. The van der Waals surface area contributed by atoms with Gasteiger partial charge in [-0.2, -0.15) is 0 Å². The van der Waals surface area contributed by atoms with Gasteiger partial charge in [-0.15, -0.1) is 0 Å². The van der Waals surface area contributed by atoms with Crippen LogP contribution in [0.5, 0.6) is 0 Å². The molecule has 3 aromatic carbocycles. The minimum atomic E-state index is -0.402. The van der Waals surface area contributed by atoms with Gasteiger partial charge < -0.3 is 5.32 Å². The molecule has 0 saturated heterocycles. The SMILES string of the molecule is O=C(NNc1ccc(F)cc1)Nc1cccc2ccccc12. The molecule has 0 atom stereocenters. The van der Waals surface area contributed by atoms with Crippen molar-refractivity contribution < 1.29 is 9.18 Å². The van der Waals surface area contributed by atoms with E-state index in [4.69, 9.17) is 0 Å². The summed E-state index contributed by atoms with van der Waals surface area (Å²) in [5.41, 5.74) is 6.53. The van der Waals surface area contributed by atoms with Crippen molar-refractivity contribution >= 4 is 28.2 Å². The summed E-state index contributed by atoms with van der Waals surface area (Å²) in [6.45, 7) is 0. The number of nitrogens with one attached hydrogen (secondary N) is 3. The summed E-state index contributed by atoms with van der Waals surface area (Å²) in [5, 5.41) is 4.79. The Morgan fingerprint density at radius 2 is 1.59 bits per heavy atom. The summed E-state index contributed by atoms with van der Waals surface area (Å²) in [6, 6.07) is 18.8. The molecule has 0 aliphatic carbocycles. The lowest BCUT2D eigenvalue weighted by molar-refractivity contribution is 0.254. The van der Waals surface area contributed by atoms with Gasteiger partial charge in [0.25, 0.3) is 0 Å². The quantitative estimate of drug-likeness (QED) is 0.636. The Morgan fingerprint density at radius 1 is 0.864 bits per heavy atom. The number of carbonyl (C=O) groups excluding carboxylic acids is 1. The van der Waals surface area contributed by atoms with E-state index in [2.05, 4.69) is 16.2 Å². The molecule has 3 N–H and O–H groups in total. The zero-order chi connectivity index (χ0) is 15.4. The molecule has 2 amide bonds. The van der Waals surface area contributed by atoms with E-state index >= 15 is 0 Å². The highest BCUT2D eigenvalue weighted by molar-refractivity contribution is 6.01. The summed E-state index contributed by atoms with van der Waals surface area (Å²) in [6.07, 6.45) is 0. The van der Waals surface area contributed by atoms with Crippen LogP contribution in [0.2, 0.25) is 0 Å². The number of rotatable bonds is 3. The third-order valence-corrected chi connectivity index (χ3v) is 3.20. The second-order valence-electron chi connectivity index (χ2n) is 4.74. The molecule has 5 heteroatoms. The van der Waals surface area contributed by atoms with E-state index < -0.39 is 6.03 Å². The molecule has 110 valence electrons. The fraction of sp³-hybridized carbons (Fsp3) is 0. The Kier molecular flexibility index (Phi) is 3.87. The Hall–Kier alpha value is -3.08. The Balaban J connectivity index is 1.67. The van der Waals surface area contributed by atoms with E-state index in [0.29, 0.717) is 5.69 Å². The molecule has 0 spiro atoms. The van der Waals surface area contributed by atoms with Crippen molar-refractivity contribution in [2.75, 3.05) is 10.7 Å². The number of amides is 2. The van der Waals surface area contributed by atoms with Gasteiger partial charge >= 0.3 is 6.03 Å². The molecule has 0 aliphatic rings. The predicted molar refractivity (Wildman–Crippen MR) is 86.1 cm³/mol. The number of hydrogen-bond acceptors (Lipinski definition) is 2. The minimum Gasteiger partial charge on any atom is -0.306 e. The van der Waals surface area contributed by atoms with Crippen LogP contribution < -0.4 is 16.2 Å². The Labute approximate surface area is 126 Å². The first kappa shape index (κ1) is 13.9. The maximum absolute atomic E-state index is 12.8. The number of halogens is 1. The second-order valence-corrected chi connectivity index (χ2v) is 4.74. The fourth-order valence-corrected chi connectivity index (χ4v) is 2.15. The highest BCUT2D eigenvalue weighted by Crippen LogP contribution is 2.22. The molecular formula is C17H14FN3O. The largest absolute Gasteiger partial charge is 0.337 e. The van der Waals surface area contributed by atoms with Gasteiger partial charge in [0.1, 0.15) is 5.82 Å². The molecular weight excluding hydrogens is 281 g/mol. The summed E-state index contributed by atoms with van der Waals surface area (Å²) >= 11 is 0. The maximum Gasteiger partial charge on any atom is 0.337 e. The first-order chi connectivity index (χ1) is 10.7. The minimum absolute atomic E-state index is 0.328. The number of anilines is 2. The van der Waals surface area contributed by atoms with Crippen molar-refractivity contribution in [2.24, 2.45) is 0 Å². The normalized spacial score (nSPS) is 10.2. The lowest BCUT2D eigenvalue weighted by Crippen LogP contribution is -2.33. The van der Waals surface area contributed by atoms with Gasteiger partial charge in [0.2, 0.25) is 0 Å². The zero-order valence-electron chi connectivity index (χ0n) is 11.6. The summed E-state index contributed by atoms with van der Waals surface area (Å²) in [4.78, 5) is 11.9. The molecule has 0 aromatic heterocycles. The third kappa shape index (κ3) is 3.15. The summed E-state index contributed by atoms with van der Waals surface area (Å²) in [7, 11) is 0. The summed E-state index contributed by atoms with van der Waals surface area (Å²) in [5.74, 6) is -0.328. The second kappa shape index (κ2) is 6.13. The first-order valence-corrected chi connectivity index (χ1v) is 6.79. The fourth-order valence-electron chi connectivity index (χ4n) is 2.15. The van der Waals surface area contributed by atoms with E-state index in [1.165, 1.54) is 24.3 Å². The van der Waals surface area contributed by atoms with Gasteiger partial charge in [-0.05, 0) is 35.7 Å². The van der Waals surface area contributed by atoms with Crippen LogP contribution in [0.4, 0.5) is 20.6 Å². The van der Waals surface area contributed by atoms with E-state index in [9.17, 15) is 9.18 Å². The van der Waals surface area contributed by atoms with Crippen LogP contribution in [0, 0.1) is 5.82 Å². The standard InChI is InChI=1S/C17H14FN3O/c18-13-8-10-14(11-9-13)20-21-17(22)19-16-7-3-5-12-4-1-2-6-15(12)16/h1-11,20H,(H2,19,21,22). The van der Waals surface area contributed by atoms with Crippen LogP contribution in [0.15, 0.2) is 66.7 Å². The molecule has 3 rings (SSSR count). The van der Waals surface area contributed by atoms with E-state index in [1.54, 1.807) is 0 Å². The Morgan fingerprint density at radius 3 is 2.41 bits per heavy atom. The van der Waals surface area contributed by atoms with Crippen molar-refractivity contribution in [3.8, 4) is 0 Å². The van der Waals surface area contributed by atoms with Crippen LogP contribution in [-0.4, -0.2) is 6.03 Å². The van der Waals surface area contributed by atoms with Gasteiger partial charge in [-0.1, -0.05) is 36.4 Å². The van der Waals surface area contributed by atoms with Gasteiger partial charge in [0, 0.05) is 5.39 Å². The Bertz CT molecular complexity index is 797. The van der Waals surface area contributed by atoms with Gasteiger partial charge in [0.05, 0.1) is 11.4 Å². The van der Waals surface area contributed by atoms with Crippen molar-refractivity contribution in [1.29, 1.82) is 0 Å².